The van der Waals surface area contributed by atoms with E-state index in [1.807, 2.05) is 12.1 Å². The Hall–Kier alpha value is -1.55. The van der Waals surface area contributed by atoms with Crippen molar-refractivity contribution in [2.24, 2.45) is 5.92 Å². The molecule has 1 aromatic carbocycles. The van der Waals surface area contributed by atoms with Gasteiger partial charge in [0.15, 0.2) is 0 Å². The third-order valence-electron chi connectivity index (χ3n) is 4.41. The Labute approximate surface area is 126 Å². The van der Waals surface area contributed by atoms with E-state index in [4.69, 9.17) is 9.72 Å². The molecule has 0 bridgehead atoms. The first-order chi connectivity index (χ1) is 10.3. The maximum absolute atomic E-state index is 5.32. The van der Waals surface area contributed by atoms with E-state index in [1.54, 1.807) is 7.11 Å². The average Bonchev–Trinajstić information content (AvgIpc) is 2.85. The zero-order chi connectivity index (χ0) is 14.7. The molecule has 0 unspecified atom stereocenters. The van der Waals surface area contributed by atoms with Crippen LogP contribution >= 0.6 is 0 Å². The second kappa shape index (κ2) is 6.48. The van der Waals surface area contributed by atoms with Crippen LogP contribution in [-0.2, 0) is 13.0 Å². The molecule has 2 aromatic rings. The molecular formula is C17H25N3O. The zero-order valence-corrected chi connectivity index (χ0v) is 13.1. The predicted octanol–water partition coefficient (Wildman–Crippen LogP) is 3.00. The second-order valence-corrected chi connectivity index (χ2v) is 5.93. The van der Waals surface area contributed by atoms with Crippen LogP contribution in [0.5, 0.6) is 5.75 Å². The van der Waals surface area contributed by atoms with Crippen LogP contribution in [0.1, 0.15) is 32.0 Å². The molecule has 0 radical (unpaired) electrons. The van der Waals surface area contributed by atoms with Gasteiger partial charge in [-0.15, -0.1) is 0 Å². The molecule has 1 saturated heterocycles. The van der Waals surface area contributed by atoms with Crippen LogP contribution in [0, 0.1) is 5.92 Å². The largest absolute Gasteiger partial charge is 0.497 e. The number of piperidine rings is 1. The lowest BCUT2D eigenvalue weighted by molar-refractivity contribution is 0.363. The van der Waals surface area contributed by atoms with Gasteiger partial charge >= 0.3 is 0 Å². The fourth-order valence-corrected chi connectivity index (χ4v) is 3.26. The molecular weight excluding hydrogens is 262 g/mol. The fourth-order valence-electron chi connectivity index (χ4n) is 3.26. The van der Waals surface area contributed by atoms with Gasteiger partial charge in [0.05, 0.1) is 18.1 Å². The van der Waals surface area contributed by atoms with Gasteiger partial charge in [0.25, 0.3) is 0 Å². The molecule has 1 aliphatic heterocycles. The highest BCUT2D eigenvalue weighted by molar-refractivity contribution is 5.77. The third-order valence-corrected chi connectivity index (χ3v) is 4.41. The van der Waals surface area contributed by atoms with Crippen LogP contribution in [0.3, 0.4) is 0 Å². The Morgan fingerprint density at radius 1 is 1.33 bits per heavy atom. The molecule has 4 nitrogen and oxygen atoms in total. The highest BCUT2D eigenvalue weighted by Crippen LogP contribution is 2.25. The normalized spacial score (nSPS) is 16.5. The molecule has 1 aliphatic rings. The fraction of sp³-hybridized carbons (Fsp3) is 0.588. The number of imidazole rings is 1. The van der Waals surface area contributed by atoms with Crippen molar-refractivity contribution in [2.45, 2.75) is 39.2 Å². The zero-order valence-electron chi connectivity index (χ0n) is 13.1. The Morgan fingerprint density at radius 2 is 2.14 bits per heavy atom. The Kier molecular flexibility index (Phi) is 4.44. The lowest BCUT2D eigenvalue weighted by Crippen LogP contribution is -2.29. The van der Waals surface area contributed by atoms with Gasteiger partial charge < -0.3 is 14.6 Å². The second-order valence-electron chi connectivity index (χ2n) is 5.93. The van der Waals surface area contributed by atoms with E-state index in [-0.39, 0.29) is 0 Å². The van der Waals surface area contributed by atoms with Gasteiger partial charge in [0.2, 0.25) is 0 Å². The van der Waals surface area contributed by atoms with Crippen molar-refractivity contribution in [2.75, 3.05) is 20.2 Å². The smallest absolute Gasteiger partial charge is 0.121 e. The first kappa shape index (κ1) is 14.4. The number of aryl methyl sites for hydroxylation is 1. The van der Waals surface area contributed by atoms with E-state index in [2.05, 4.69) is 22.9 Å². The van der Waals surface area contributed by atoms with Gasteiger partial charge in [-0.3, -0.25) is 0 Å². The topological polar surface area (TPSA) is 39.1 Å². The van der Waals surface area contributed by atoms with Crippen molar-refractivity contribution >= 4 is 11.0 Å². The molecule has 0 aliphatic carbocycles. The summed E-state index contributed by atoms with van der Waals surface area (Å²) in [6, 6.07) is 6.22. The summed E-state index contributed by atoms with van der Waals surface area (Å²) in [7, 11) is 1.71. The molecule has 0 saturated carbocycles. The quantitative estimate of drug-likeness (QED) is 0.919. The van der Waals surface area contributed by atoms with Crippen molar-refractivity contribution in [3.8, 4) is 5.75 Å². The minimum Gasteiger partial charge on any atom is -0.497 e. The minimum absolute atomic E-state index is 0.764. The summed E-state index contributed by atoms with van der Waals surface area (Å²) in [4.78, 5) is 4.90. The highest BCUT2D eigenvalue weighted by Gasteiger charge is 2.18. The Balaban J connectivity index is 1.93. The van der Waals surface area contributed by atoms with Crippen LogP contribution < -0.4 is 10.1 Å². The lowest BCUT2D eigenvalue weighted by atomic mass is 9.94. The summed E-state index contributed by atoms with van der Waals surface area (Å²) in [5.74, 6) is 2.89. The third kappa shape index (κ3) is 3.05. The summed E-state index contributed by atoms with van der Waals surface area (Å²) < 4.78 is 7.72. The summed E-state index contributed by atoms with van der Waals surface area (Å²) in [6.45, 7) is 5.56. The minimum atomic E-state index is 0.764. The molecule has 4 heteroatoms. The number of hydrogen-bond acceptors (Lipinski definition) is 3. The van der Waals surface area contributed by atoms with E-state index < -0.39 is 0 Å². The van der Waals surface area contributed by atoms with Gasteiger partial charge in [0.1, 0.15) is 11.6 Å². The van der Waals surface area contributed by atoms with Crippen molar-refractivity contribution in [3.05, 3.63) is 24.0 Å². The molecule has 0 amide bonds. The molecule has 1 aromatic heterocycles. The molecule has 3 rings (SSSR count). The van der Waals surface area contributed by atoms with Crippen LogP contribution in [0.15, 0.2) is 18.2 Å². The van der Waals surface area contributed by atoms with Crippen molar-refractivity contribution in [1.82, 2.24) is 14.9 Å². The molecule has 114 valence electrons. The predicted molar refractivity (Wildman–Crippen MR) is 85.9 cm³/mol. The lowest BCUT2D eigenvalue weighted by Gasteiger charge is -2.22. The van der Waals surface area contributed by atoms with Gasteiger partial charge in [0, 0.05) is 19.0 Å². The maximum atomic E-state index is 5.32. The summed E-state index contributed by atoms with van der Waals surface area (Å²) in [6.07, 6.45) is 4.76. The number of nitrogens with zero attached hydrogens (tertiary/aromatic N) is 2. The number of aromatic nitrogens is 2. The average molecular weight is 287 g/mol. The van der Waals surface area contributed by atoms with Crippen LogP contribution in [-0.4, -0.2) is 29.8 Å². The standard InChI is InChI=1S/C17H25N3O/c1-3-10-20-16-5-4-14(21-2)12-15(16)19-17(20)11-13-6-8-18-9-7-13/h4-5,12-13,18H,3,6-11H2,1-2H3. The van der Waals surface area contributed by atoms with E-state index >= 15 is 0 Å². The van der Waals surface area contributed by atoms with Gasteiger partial charge in [-0.1, -0.05) is 6.92 Å². The maximum Gasteiger partial charge on any atom is 0.121 e. The number of fused-ring (bicyclic) bond motifs is 1. The van der Waals surface area contributed by atoms with Crippen molar-refractivity contribution in [3.63, 3.8) is 0 Å². The molecule has 21 heavy (non-hydrogen) atoms. The number of rotatable bonds is 5. The Morgan fingerprint density at radius 3 is 2.86 bits per heavy atom. The van der Waals surface area contributed by atoms with E-state index in [0.717, 1.165) is 49.7 Å². The van der Waals surface area contributed by atoms with Gasteiger partial charge in [-0.2, -0.15) is 0 Å². The van der Waals surface area contributed by atoms with Gasteiger partial charge in [-0.25, -0.2) is 4.98 Å². The SMILES string of the molecule is CCCn1c(CC2CCNCC2)nc2cc(OC)ccc21. The van der Waals surface area contributed by atoms with Crippen LogP contribution in [0.25, 0.3) is 11.0 Å². The summed E-state index contributed by atoms with van der Waals surface area (Å²) in [5, 5.41) is 3.44. The summed E-state index contributed by atoms with van der Waals surface area (Å²) in [5.41, 5.74) is 2.30. The van der Waals surface area contributed by atoms with E-state index in [0.29, 0.717) is 0 Å². The monoisotopic (exact) mass is 287 g/mol. The van der Waals surface area contributed by atoms with E-state index in [1.165, 1.54) is 24.2 Å². The molecule has 1 fully saturated rings. The van der Waals surface area contributed by atoms with Crippen LogP contribution in [0.2, 0.25) is 0 Å². The first-order valence-corrected chi connectivity index (χ1v) is 8.05. The molecule has 2 heterocycles. The van der Waals surface area contributed by atoms with Gasteiger partial charge in [-0.05, 0) is 50.4 Å². The highest BCUT2D eigenvalue weighted by atomic mass is 16.5. The van der Waals surface area contributed by atoms with Crippen molar-refractivity contribution in [1.29, 1.82) is 0 Å². The number of hydrogen-bond donors (Lipinski definition) is 1. The number of nitrogens with one attached hydrogen (secondary N) is 1. The Bertz CT molecular complexity index is 599. The number of benzene rings is 1. The molecule has 0 spiro atoms. The van der Waals surface area contributed by atoms with Crippen LogP contribution in [0.4, 0.5) is 0 Å². The van der Waals surface area contributed by atoms with Crippen molar-refractivity contribution < 1.29 is 4.74 Å². The summed E-state index contributed by atoms with van der Waals surface area (Å²) >= 11 is 0. The first-order valence-electron chi connectivity index (χ1n) is 8.05. The number of ether oxygens (including phenoxy) is 1. The molecule has 0 atom stereocenters. The van der Waals surface area contributed by atoms with E-state index in [9.17, 15) is 0 Å². The number of methoxy groups -OCH3 is 1. The molecule has 1 N–H and O–H groups in total.